The highest BCUT2D eigenvalue weighted by atomic mass is 15.0. The van der Waals surface area contributed by atoms with E-state index in [1.54, 1.807) is 0 Å². The fourth-order valence-electron chi connectivity index (χ4n) is 1.99. The third kappa shape index (κ3) is 0.650. The molecular formula is C7H10N2. The second-order valence-corrected chi connectivity index (χ2v) is 3.07. The van der Waals surface area contributed by atoms with Crippen molar-refractivity contribution in [3.8, 4) is 6.07 Å². The highest BCUT2D eigenvalue weighted by molar-refractivity contribution is 5.03. The van der Waals surface area contributed by atoms with Crippen LogP contribution in [-0.4, -0.2) is 12.6 Å². The average Bonchev–Trinajstić information content (AvgIpc) is 2.45. The van der Waals surface area contributed by atoms with E-state index < -0.39 is 0 Å². The van der Waals surface area contributed by atoms with Crippen LogP contribution in [0.3, 0.4) is 0 Å². The van der Waals surface area contributed by atoms with Crippen LogP contribution in [0, 0.1) is 23.2 Å². The van der Waals surface area contributed by atoms with Gasteiger partial charge in [0.25, 0.3) is 0 Å². The van der Waals surface area contributed by atoms with Crippen molar-refractivity contribution < 1.29 is 0 Å². The summed E-state index contributed by atoms with van der Waals surface area (Å²) in [7, 11) is 0. The van der Waals surface area contributed by atoms with Gasteiger partial charge in [0.2, 0.25) is 0 Å². The highest BCUT2D eigenvalue weighted by Gasteiger charge is 2.39. The molecule has 2 bridgehead atoms. The molecule has 1 heterocycles. The average molecular weight is 122 g/mol. The molecule has 2 heteroatoms. The van der Waals surface area contributed by atoms with E-state index in [1.165, 1.54) is 6.42 Å². The molecule has 2 rings (SSSR count). The van der Waals surface area contributed by atoms with E-state index in [4.69, 9.17) is 5.26 Å². The van der Waals surface area contributed by atoms with Gasteiger partial charge >= 0.3 is 0 Å². The van der Waals surface area contributed by atoms with Gasteiger partial charge in [0.05, 0.1) is 12.0 Å². The Hall–Kier alpha value is -0.550. The number of rotatable bonds is 0. The van der Waals surface area contributed by atoms with Gasteiger partial charge in [-0.15, -0.1) is 0 Å². The van der Waals surface area contributed by atoms with Gasteiger partial charge < -0.3 is 5.32 Å². The van der Waals surface area contributed by atoms with Gasteiger partial charge in [-0.1, -0.05) is 0 Å². The van der Waals surface area contributed by atoms with Gasteiger partial charge in [-0.25, -0.2) is 0 Å². The molecule has 2 nitrogen and oxygen atoms in total. The first kappa shape index (κ1) is 5.25. The van der Waals surface area contributed by atoms with E-state index in [2.05, 4.69) is 11.4 Å². The number of nitrogens with zero attached hydrogens (tertiary/aromatic N) is 1. The van der Waals surface area contributed by atoms with Crippen LogP contribution in [0.5, 0.6) is 0 Å². The van der Waals surface area contributed by atoms with Crippen molar-refractivity contribution >= 4 is 0 Å². The number of nitrogens with one attached hydrogen (secondary N) is 1. The molecule has 0 unspecified atom stereocenters. The molecule has 1 saturated heterocycles. The summed E-state index contributed by atoms with van der Waals surface area (Å²) in [6.07, 6.45) is 2.35. The van der Waals surface area contributed by atoms with Gasteiger partial charge in [0.1, 0.15) is 0 Å². The van der Waals surface area contributed by atoms with Crippen LogP contribution in [0.4, 0.5) is 0 Å². The van der Waals surface area contributed by atoms with Crippen molar-refractivity contribution in [1.82, 2.24) is 5.32 Å². The summed E-state index contributed by atoms with van der Waals surface area (Å²) in [5.74, 6) is 1.05. The van der Waals surface area contributed by atoms with Gasteiger partial charge in [-0.2, -0.15) is 5.26 Å². The number of piperidine rings is 1. The Morgan fingerprint density at radius 1 is 1.44 bits per heavy atom. The fourth-order valence-corrected chi connectivity index (χ4v) is 1.99. The predicted molar refractivity (Wildman–Crippen MR) is 33.6 cm³/mol. The molecule has 0 aromatic carbocycles. The van der Waals surface area contributed by atoms with Gasteiger partial charge in [0, 0.05) is 6.04 Å². The molecule has 3 atom stereocenters. The highest BCUT2D eigenvalue weighted by Crippen LogP contribution is 2.35. The first-order valence-corrected chi connectivity index (χ1v) is 3.53. The zero-order valence-electron chi connectivity index (χ0n) is 5.30. The van der Waals surface area contributed by atoms with Crippen LogP contribution >= 0.6 is 0 Å². The topological polar surface area (TPSA) is 35.8 Å². The Kier molecular flexibility index (Phi) is 1.000. The Morgan fingerprint density at radius 3 is 2.67 bits per heavy atom. The lowest BCUT2D eigenvalue weighted by molar-refractivity contribution is 0.423. The second-order valence-electron chi connectivity index (χ2n) is 3.07. The minimum absolute atomic E-state index is 0.372. The van der Waals surface area contributed by atoms with Crippen LogP contribution in [-0.2, 0) is 0 Å². The summed E-state index contributed by atoms with van der Waals surface area (Å²) >= 11 is 0. The van der Waals surface area contributed by atoms with Crippen LogP contribution in [0.15, 0.2) is 0 Å². The largest absolute Gasteiger partial charge is 0.314 e. The Bertz CT molecular complexity index is 159. The zero-order chi connectivity index (χ0) is 6.27. The van der Waals surface area contributed by atoms with E-state index in [0.717, 1.165) is 13.0 Å². The van der Waals surface area contributed by atoms with Crippen LogP contribution in [0.2, 0.25) is 0 Å². The van der Waals surface area contributed by atoms with Crippen molar-refractivity contribution in [2.45, 2.75) is 18.9 Å². The zero-order valence-corrected chi connectivity index (χ0v) is 5.30. The summed E-state index contributed by atoms with van der Waals surface area (Å²) in [5.41, 5.74) is 0. The fraction of sp³-hybridized carbons (Fsp3) is 0.857. The predicted octanol–water partition coefficient (Wildman–Crippen LogP) is 0.508. The molecule has 0 spiro atoms. The first-order valence-electron chi connectivity index (χ1n) is 3.53. The molecule has 0 radical (unpaired) electrons. The molecule has 1 saturated carbocycles. The third-order valence-electron chi connectivity index (χ3n) is 2.53. The first-order chi connectivity index (χ1) is 4.40. The molecule has 9 heavy (non-hydrogen) atoms. The minimum atomic E-state index is 0.372. The Morgan fingerprint density at radius 2 is 2.33 bits per heavy atom. The summed E-state index contributed by atoms with van der Waals surface area (Å²) in [6.45, 7) is 1.09. The monoisotopic (exact) mass is 122 g/mol. The lowest BCUT2D eigenvalue weighted by Crippen LogP contribution is -2.28. The van der Waals surface area contributed by atoms with Gasteiger partial charge in [0.15, 0.2) is 0 Å². The van der Waals surface area contributed by atoms with Crippen LogP contribution < -0.4 is 5.32 Å². The lowest BCUT2D eigenvalue weighted by atomic mass is 9.97. The number of nitriles is 1. The van der Waals surface area contributed by atoms with E-state index in [9.17, 15) is 0 Å². The summed E-state index contributed by atoms with van der Waals surface area (Å²) in [5, 5.41) is 12.0. The van der Waals surface area contributed by atoms with Crippen LogP contribution in [0.1, 0.15) is 12.8 Å². The van der Waals surface area contributed by atoms with E-state index in [1.807, 2.05) is 0 Å². The smallest absolute Gasteiger partial charge is 0.0659 e. The maximum Gasteiger partial charge on any atom is 0.0659 e. The maximum absolute atomic E-state index is 8.61. The quantitative estimate of drug-likeness (QED) is 0.508. The molecule has 2 fully saturated rings. The van der Waals surface area contributed by atoms with Gasteiger partial charge in [-0.3, -0.25) is 0 Å². The van der Waals surface area contributed by atoms with Crippen LogP contribution in [0.25, 0.3) is 0 Å². The molecule has 1 aliphatic heterocycles. The Labute approximate surface area is 54.9 Å². The molecule has 1 N–H and O–H groups in total. The van der Waals surface area contributed by atoms with Crippen molar-refractivity contribution in [2.75, 3.05) is 6.54 Å². The van der Waals surface area contributed by atoms with E-state index >= 15 is 0 Å². The molecule has 48 valence electrons. The van der Waals surface area contributed by atoms with Gasteiger partial charge in [-0.05, 0) is 25.3 Å². The molecule has 2 aliphatic rings. The number of hydrogen-bond donors (Lipinski definition) is 1. The minimum Gasteiger partial charge on any atom is -0.314 e. The molecule has 0 aromatic heterocycles. The normalized spacial score (nSPS) is 47.2. The van der Waals surface area contributed by atoms with Crippen molar-refractivity contribution in [3.63, 3.8) is 0 Å². The maximum atomic E-state index is 8.61. The number of hydrogen-bond acceptors (Lipinski definition) is 2. The molecular weight excluding hydrogens is 112 g/mol. The lowest BCUT2D eigenvalue weighted by Gasteiger charge is -2.14. The summed E-state index contributed by atoms with van der Waals surface area (Å²) < 4.78 is 0. The SMILES string of the molecule is N#C[C@@H]1C[C@H]2C[C@@H]1CN2. The molecule has 1 aliphatic carbocycles. The second kappa shape index (κ2) is 1.71. The number of fused-ring (bicyclic) bond motifs is 2. The van der Waals surface area contributed by atoms with Crippen molar-refractivity contribution in [1.29, 1.82) is 5.26 Å². The summed E-state index contributed by atoms with van der Waals surface area (Å²) in [4.78, 5) is 0. The van der Waals surface area contributed by atoms with Crippen molar-refractivity contribution in [3.05, 3.63) is 0 Å². The molecule has 0 aromatic rings. The molecule has 0 amide bonds. The summed E-state index contributed by atoms with van der Waals surface area (Å²) in [6, 6.07) is 3.04. The third-order valence-corrected chi connectivity index (χ3v) is 2.53. The standard InChI is InChI=1S/C7H10N2/c8-3-5-1-7-2-6(5)4-9-7/h5-7,9H,1-2,4H2/t5-,6+,7-/m0/s1. The Balaban J connectivity index is 2.12. The van der Waals surface area contributed by atoms with E-state index in [0.29, 0.717) is 17.9 Å². The van der Waals surface area contributed by atoms with E-state index in [-0.39, 0.29) is 0 Å². The van der Waals surface area contributed by atoms with Crippen molar-refractivity contribution in [2.24, 2.45) is 11.8 Å².